The number of benzene rings is 2. The summed E-state index contributed by atoms with van der Waals surface area (Å²) in [6.07, 6.45) is 1.85. The van der Waals surface area contributed by atoms with Gasteiger partial charge in [0, 0.05) is 18.6 Å². The lowest BCUT2D eigenvalue weighted by Crippen LogP contribution is -1.92. The van der Waals surface area contributed by atoms with E-state index in [1.807, 2.05) is 18.2 Å². The van der Waals surface area contributed by atoms with Crippen LogP contribution in [0.1, 0.15) is 11.4 Å². The number of ether oxygens (including phenoxy) is 2. The largest absolute Gasteiger partial charge is 0.493 e. The fourth-order valence-electron chi connectivity index (χ4n) is 2.42. The normalized spacial score (nSPS) is 10.8. The number of aryl methyl sites for hydroxylation is 2. The van der Waals surface area contributed by atoms with Gasteiger partial charge in [-0.1, -0.05) is 30.3 Å². The molecule has 0 unspecified atom stereocenters. The smallest absolute Gasteiger partial charge is 0.163 e. The minimum Gasteiger partial charge on any atom is -0.493 e. The topological polar surface area (TPSA) is 47.1 Å². The van der Waals surface area contributed by atoms with Crippen LogP contribution in [-0.4, -0.2) is 24.2 Å². The van der Waals surface area contributed by atoms with Crippen LogP contribution in [0, 0.1) is 0 Å². The van der Waals surface area contributed by atoms with Crippen molar-refractivity contribution >= 4 is 11.0 Å². The van der Waals surface area contributed by atoms with Crippen LogP contribution in [0.25, 0.3) is 11.0 Å². The Kier molecular flexibility index (Phi) is 3.77. The van der Waals surface area contributed by atoms with Gasteiger partial charge in [0.05, 0.1) is 25.3 Å². The van der Waals surface area contributed by atoms with E-state index in [0.29, 0.717) is 11.5 Å². The highest BCUT2D eigenvalue weighted by atomic mass is 16.5. The van der Waals surface area contributed by atoms with Gasteiger partial charge in [0.2, 0.25) is 0 Å². The summed E-state index contributed by atoms with van der Waals surface area (Å²) in [6.45, 7) is 0. The number of aromatic amines is 1. The van der Waals surface area contributed by atoms with E-state index in [2.05, 4.69) is 34.2 Å². The van der Waals surface area contributed by atoms with E-state index < -0.39 is 0 Å². The summed E-state index contributed by atoms with van der Waals surface area (Å²) in [5, 5.41) is 0. The van der Waals surface area contributed by atoms with E-state index in [4.69, 9.17) is 9.47 Å². The molecule has 0 aliphatic rings. The minimum absolute atomic E-state index is 0.700. The van der Waals surface area contributed by atoms with Gasteiger partial charge in [0.25, 0.3) is 0 Å². The first-order valence-corrected chi connectivity index (χ1v) is 6.94. The second-order valence-electron chi connectivity index (χ2n) is 4.89. The third-order valence-electron chi connectivity index (χ3n) is 3.53. The quantitative estimate of drug-likeness (QED) is 0.780. The van der Waals surface area contributed by atoms with Gasteiger partial charge in [-0.05, 0) is 12.0 Å². The zero-order valence-corrected chi connectivity index (χ0v) is 12.2. The average molecular weight is 282 g/mol. The van der Waals surface area contributed by atoms with Crippen molar-refractivity contribution in [3.63, 3.8) is 0 Å². The Balaban J connectivity index is 1.84. The molecule has 21 heavy (non-hydrogen) atoms. The molecule has 4 heteroatoms. The molecule has 0 aliphatic carbocycles. The van der Waals surface area contributed by atoms with E-state index in [1.165, 1.54) is 5.56 Å². The molecule has 3 aromatic rings. The van der Waals surface area contributed by atoms with Crippen LogP contribution in [0.2, 0.25) is 0 Å². The Morgan fingerprint density at radius 1 is 0.952 bits per heavy atom. The van der Waals surface area contributed by atoms with E-state index >= 15 is 0 Å². The molecule has 3 rings (SSSR count). The van der Waals surface area contributed by atoms with E-state index in [1.54, 1.807) is 14.2 Å². The predicted octanol–water partition coefficient (Wildman–Crippen LogP) is 3.37. The van der Waals surface area contributed by atoms with Gasteiger partial charge in [-0.3, -0.25) is 0 Å². The van der Waals surface area contributed by atoms with Crippen molar-refractivity contribution in [2.24, 2.45) is 0 Å². The molecule has 0 amide bonds. The molecule has 0 bridgehead atoms. The number of nitrogens with one attached hydrogen (secondary N) is 1. The summed E-state index contributed by atoms with van der Waals surface area (Å²) in [4.78, 5) is 7.97. The Morgan fingerprint density at radius 3 is 2.38 bits per heavy atom. The van der Waals surface area contributed by atoms with Crippen molar-refractivity contribution in [3.05, 3.63) is 53.9 Å². The lowest BCUT2D eigenvalue weighted by atomic mass is 10.1. The van der Waals surface area contributed by atoms with Crippen molar-refractivity contribution in [1.82, 2.24) is 9.97 Å². The van der Waals surface area contributed by atoms with Crippen molar-refractivity contribution in [2.45, 2.75) is 12.8 Å². The lowest BCUT2D eigenvalue weighted by Gasteiger charge is -2.06. The number of hydrogen-bond donors (Lipinski definition) is 1. The number of nitrogens with zero attached hydrogens (tertiary/aromatic N) is 1. The molecule has 0 spiro atoms. The molecule has 0 atom stereocenters. The second kappa shape index (κ2) is 5.87. The van der Waals surface area contributed by atoms with Gasteiger partial charge in [0.1, 0.15) is 5.82 Å². The van der Waals surface area contributed by atoms with Crippen molar-refractivity contribution < 1.29 is 9.47 Å². The summed E-state index contributed by atoms with van der Waals surface area (Å²) >= 11 is 0. The molecule has 0 radical (unpaired) electrons. The first-order valence-electron chi connectivity index (χ1n) is 6.94. The molecule has 0 saturated heterocycles. The molecular weight excluding hydrogens is 264 g/mol. The van der Waals surface area contributed by atoms with E-state index in [9.17, 15) is 0 Å². The number of fused-ring (bicyclic) bond motifs is 1. The number of H-pyrrole nitrogens is 1. The maximum absolute atomic E-state index is 5.31. The molecular formula is C17H18N2O2. The maximum Gasteiger partial charge on any atom is 0.163 e. The van der Waals surface area contributed by atoms with Crippen LogP contribution in [-0.2, 0) is 12.8 Å². The summed E-state index contributed by atoms with van der Waals surface area (Å²) < 4.78 is 10.6. The number of aromatic nitrogens is 2. The Hall–Kier alpha value is -2.49. The van der Waals surface area contributed by atoms with Crippen LogP contribution in [0.3, 0.4) is 0 Å². The van der Waals surface area contributed by atoms with E-state index in [-0.39, 0.29) is 0 Å². The Bertz CT molecular complexity index is 694. The van der Waals surface area contributed by atoms with Crippen LogP contribution in [0.4, 0.5) is 0 Å². The summed E-state index contributed by atoms with van der Waals surface area (Å²) in [5.74, 6) is 2.39. The van der Waals surface area contributed by atoms with Gasteiger partial charge in [-0.15, -0.1) is 0 Å². The molecule has 1 N–H and O–H groups in total. The molecule has 4 nitrogen and oxygen atoms in total. The van der Waals surface area contributed by atoms with Gasteiger partial charge in [-0.2, -0.15) is 0 Å². The number of hydrogen-bond acceptors (Lipinski definition) is 3. The van der Waals surface area contributed by atoms with Gasteiger partial charge >= 0.3 is 0 Å². The number of rotatable bonds is 5. The van der Waals surface area contributed by atoms with Gasteiger partial charge in [0.15, 0.2) is 11.5 Å². The third kappa shape index (κ3) is 2.84. The lowest BCUT2D eigenvalue weighted by molar-refractivity contribution is 0.356. The van der Waals surface area contributed by atoms with Crippen molar-refractivity contribution in [3.8, 4) is 11.5 Å². The van der Waals surface area contributed by atoms with Crippen LogP contribution in [0.15, 0.2) is 42.5 Å². The molecule has 1 aromatic heterocycles. The van der Waals surface area contributed by atoms with Crippen LogP contribution in [0.5, 0.6) is 11.5 Å². The van der Waals surface area contributed by atoms with Crippen molar-refractivity contribution in [1.29, 1.82) is 0 Å². The first-order chi connectivity index (χ1) is 10.3. The molecule has 2 aromatic carbocycles. The zero-order valence-electron chi connectivity index (χ0n) is 12.2. The van der Waals surface area contributed by atoms with Crippen LogP contribution < -0.4 is 9.47 Å². The average Bonchev–Trinajstić information content (AvgIpc) is 2.94. The maximum atomic E-state index is 5.31. The number of methoxy groups -OCH3 is 2. The summed E-state index contributed by atoms with van der Waals surface area (Å²) in [6, 6.07) is 14.2. The highest BCUT2D eigenvalue weighted by Gasteiger charge is 2.09. The molecule has 0 saturated carbocycles. The third-order valence-corrected chi connectivity index (χ3v) is 3.53. The minimum atomic E-state index is 0.700. The Labute approximate surface area is 123 Å². The molecule has 1 heterocycles. The predicted molar refractivity (Wildman–Crippen MR) is 83.0 cm³/mol. The molecule has 108 valence electrons. The second-order valence-corrected chi connectivity index (χ2v) is 4.89. The highest BCUT2D eigenvalue weighted by Crippen LogP contribution is 2.31. The van der Waals surface area contributed by atoms with E-state index in [0.717, 1.165) is 29.7 Å². The molecule has 0 fully saturated rings. The Morgan fingerprint density at radius 2 is 1.67 bits per heavy atom. The molecule has 0 aliphatic heterocycles. The SMILES string of the molecule is COc1cc2nc(CCc3ccccc3)[nH]c2cc1OC. The summed E-state index contributed by atoms with van der Waals surface area (Å²) in [7, 11) is 3.27. The standard InChI is InChI=1S/C17H18N2O2/c1-20-15-10-13-14(11-16(15)21-2)19-17(18-13)9-8-12-6-4-3-5-7-12/h3-7,10-11H,8-9H2,1-2H3,(H,18,19). The van der Waals surface area contributed by atoms with Gasteiger partial charge in [-0.25, -0.2) is 4.98 Å². The fraction of sp³-hybridized carbons (Fsp3) is 0.235. The zero-order chi connectivity index (χ0) is 14.7. The van der Waals surface area contributed by atoms with Crippen molar-refractivity contribution in [2.75, 3.05) is 14.2 Å². The van der Waals surface area contributed by atoms with Crippen LogP contribution >= 0.6 is 0 Å². The first kappa shape index (κ1) is 13.5. The number of imidazole rings is 1. The summed E-state index contributed by atoms with van der Waals surface area (Å²) in [5.41, 5.74) is 3.18. The fourth-order valence-corrected chi connectivity index (χ4v) is 2.42. The van der Waals surface area contributed by atoms with Gasteiger partial charge < -0.3 is 14.5 Å². The monoisotopic (exact) mass is 282 g/mol. The highest BCUT2D eigenvalue weighted by molar-refractivity contribution is 5.79.